The topological polar surface area (TPSA) is 83.1 Å². The first-order chi connectivity index (χ1) is 14.3. The first kappa shape index (κ1) is 21.7. The van der Waals surface area contributed by atoms with Crippen LogP contribution in [0.25, 0.3) is 0 Å². The van der Waals surface area contributed by atoms with Crippen LogP contribution in [-0.2, 0) is 13.1 Å². The zero-order valence-corrected chi connectivity index (χ0v) is 17.3. The first-order valence-corrected chi connectivity index (χ1v) is 9.66. The highest BCUT2D eigenvalue weighted by Gasteiger charge is 2.30. The number of amides is 2. The molecule has 2 aromatic carbocycles. The molecule has 2 amide bonds. The van der Waals surface area contributed by atoms with Crippen molar-refractivity contribution >= 4 is 30.0 Å². The van der Waals surface area contributed by atoms with E-state index in [1.807, 2.05) is 0 Å². The van der Waals surface area contributed by atoms with Crippen LogP contribution < -0.4 is 18.9 Å². The Morgan fingerprint density at radius 3 is 2.73 bits per heavy atom. The highest BCUT2D eigenvalue weighted by molar-refractivity contribution is 7.98. The van der Waals surface area contributed by atoms with Gasteiger partial charge in [-0.15, -0.1) is 0 Å². The molecule has 2 N–H and O–H groups in total. The van der Waals surface area contributed by atoms with Crippen molar-refractivity contribution in [2.45, 2.75) is 13.1 Å². The maximum atomic E-state index is 14.7. The lowest BCUT2D eigenvalue weighted by molar-refractivity contribution is 0.131. The third-order valence-corrected chi connectivity index (χ3v) is 4.74. The summed E-state index contributed by atoms with van der Waals surface area (Å²) >= 11 is 1.10. The summed E-state index contributed by atoms with van der Waals surface area (Å²) in [5.74, 6) is -2.10. The summed E-state index contributed by atoms with van der Waals surface area (Å²) in [5, 5.41) is 0. The van der Waals surface area contributed by atoms with Crippen molar-refractivity contribution in [2.75, 3.05) is 25.9 Å². The van der Waals surface area contributed by atoms with E-state index in [-0.39, 0.29) is 35.8 Å². The SMILES string of the molecule is CNSNc1cccc(CN2Cc3ccc(OC(=O)N(C)C)c(F)c3OC2=O)c1F. The number of nitrogens with zero attached hydrogens (tertiary/aromatic N) is 2. The predicted octanol–water partition coefficient (Wildman–Crippen LogP) is 3.73. The van der Waals surface area contributed by atoms with E-state index in [2.05, 4.69) is 9.44 Å². The van der Waals surface area contributed by atoms with Gasteiger partial charge < -0.3 is 19.1 Å². The Bertz CT molecular complexity index is 974. The Labute approximate surface area is 176 Å². The van der Waals surface area contributed by atoms with Crippen molar-refractivity contribution in [2.24, 2.45) is 0 Å². The molecule has 3 rings (SSSR count). The molecule has 11 heteroatoms. The summed E-state index contributed by atoms with van der Waals surface area (Å²) < 4.78 is 45.0. The van der Waals surface area contributed by atoms with Gasteiger partial charge in [0.1, 0.15) is 0 Å². The molecule has 0 aromatic heterocycles. The van der Waals surface area contributed by atoms with E-state index in [1.165, 1.54) is 31.1 Å². The van der Waals surface area contributed by atoms with E-state index in [0.717, 1.165) is 17.0 Å². The third-order valence-electron chi connectivity index (χ3n) is 4.22. The van der Waals surface area contributed by atoms with E-state index in [9.17, 15) is 18.4 Å². The summed E-state index contributed by atoms with van der Waals surface area (Å²) in [7, 11) is 4.60. The molecule has 0 fully saturated rings. The van der Waals surface area contributed by atoms with Crippen molar-refractivity contribution in [3.8, 4) is 11.5 Å². The van der Waals surface area contributed by atoms with E-state index in [1.54, 1.807) is 25.2 Å². The number of carbonyl (C=O) groups excluding carboxylic acids is 2. The van der Waals surface area contributed by atoms with Crippen LogP contribution >= 0.6 is 12.1 Å². The maximum absolute atomic E-state index is 14.7. The quantitative estimate of drug-likeness (QED) is 0.665. The van der Waals surface area contributed by atoms with Crippen molar-refractivity contribution < 1.29 is 27.8 Å². The summed E-state index contributed by atoms with van der Waals surface area (Å²) in [6, 6.07) is 7.56. The molecule has 8 nitrogen and oxygen atoms in total. The molecule has 0 radical (unpaired) electrons. The zero-order chi connectivity index (χ0) is 21.8. The van der Waals surface area contributed by atoms with Crippen molar-refractivity contribution in [1.82, 2.24) is 14.5 Å². The van der Waals surface area contributed by atoms with Gasteiger partial charge in [0.05, 0.1) is 18.8 Å². The molecule has 1 aliphatic heterocycles. The van der Waals surface area contributed by atoms with E-state index in [4.69, 9.17) is 9.47 Å². The number of fused-ring (bicyclic) bond motifs is 1. The standard InChI is InChI=1S/C19H20F2N4O4S/c1-22-30-23-13-6-4-5-11(15(13)20)9-25-10-12-7-8-14(28-18(26)24(2)3)16(21)17(12)29-19(25)27/h4-8,22-23H,9-10H2,1-3H3. The van der Waals surface area contributed by atoms with Gasteiger partial charge in [-0.3, -0.25) is 4.90 Å². The van der Waals surface area contributed by atoms with Gasteiger partial charge in [0, 0.05) is 37.4 Å². The molecule has 1 aliphatic rings. The van der Waals surface area contributed by atoms with Crippen LogP contribution in [0.3, 0.4) is 0 Å². The molecule has 2 aromatic rings. The number of ether oxygens (including phenoxy) is 2. The normalized spacial score (nSPS) is 12.8. The molecule has 0 atom stereocenters. The lowest BCUT2D eigenvalue weighted by atomic mass is 10.1. The Hall–Kier alpha value is -3.05. The van der Waals surface area contributed by atoms with Gasteiger partial charge in [-0.1, -0.05) is 12.1 Å². The molecule has 1 heterocycles. The van der Waals surface area contributed by atoms with Crippen LogP contribution in [0.4, 0.5) is 24.1 Å². The Morgan fingerprint density at radius 2 is 2.03 bits per heavy atom. The number of hydrogen-bond acceptors (Lipinski definition) is 7. The maximum Gasteiger partial charge on any atom is 0.415 e. The van der Waals surface area contributed by atoms with Gasteiger partial charge in [0.25, 0.3) is 0 Å². The second-order valence-corrected chi connectivity index (χ2v) is 7.36. The van der Waals surface area contributed by atoms with Crippen molar-refractivity contribution in [1.29, 1.82) is 0 Å². The minimum absolute atomic E-state index is 0.00928. The molecule has 0 spiro atoms. The molecule has 0 bridgehead atoms. The zero-order valence-electron chi connectivity index (χ0n) is 16.5. The van der Waals surface area contributed by atoms with Crippen LogP contribution in [-0.4, -0.2) is 43.1 Å². The van der Waals surface area contributed by atoms with Crippen molar-refractivity contribution in [3.05, 3.63) is 53.1 Å². The Balaban J connectivity index is 1.79. The van der Waals surface area contributed by atoms with E-state index in [0.29, 0.717) is 5.56 Å². The highest BCUT2D eigenvalue weighted by Crippen LogP contribution is 2.35. The molecule has 0 saturated carbocycles. The largest absolute Gasteiger partial charge is 0.415 e. The van der Waals surface area contributed by atoms with Crippen LogP contribution in [0.15, 0.2) is 30.3 Å². The second kappa shape index (κ2) is 9.18. The average Bonchev–Trinajstić information content (AvgIpc) is 2.71. The molecule has 160 valence electrons. The van der Waals surface area contributed by atoms with Crippen LogP contribution in [0.5, 0.6) is 11.5 Å². The van der Waals surface area contributed by atoms with Gasteiger partial charge in [-0.2, -0.15) is 4.39 Å². The number of carbonyl (C=O) groups is 2. The third kappa shape index (κ3) is 4.57. The summed E-state index contributed by atoms with van der Waals surface area (Å²) in [6.45, 7) is -0.0574. The Kier molecular flexibility index (Phi) is 6.63. The molecule has 0 aliphatic carbocycles. The number of halogens is 2. The monoisotopic (exact) mass is 438 g/mol. The number of hydrogen-bond donors (Lipinski definition) is 2. The molecular weight excluding hydrogens is 418 g/mol. The smallest absolute Gasteiger partial charge is 0.407 e. The highest BCUT2D eigenvalue weighted by atomic mass is 32.2. The van der Waals surface area contributed by atoms with E-state index < -0.39 is 23.8 Å². The van der Waals surface area contributed by atoms with Gasteiger partial charge in [-0.05, 0) is 25.2 Å². The number of rotatable bonds is 6. The predicted molar refractivity (Wildman–Crippen MR) is 108 cm³/mol. The minimum Gasteiger partial charge on any atom is -0.407 e. The molecular formula is C19H20F2N4O4S. The second-order valence-electron chi connectivity index (χ2n) is 6.54. The molecule has 0 unspecified atom stereocenters. The van der Waals surface area contributed by atoms with Gasteiger partial charge >= 0.3 is 12.2 Å². The fourth-order valence-corrected chi connectivity index (χ4v) is 3.08. The summed E-state index contributed by atoms with van der Waals surface area (Å²) in [6.07, 6.45) is -1.60. The van der Waals surface area contributed by atoms with Crippen LogP contribution in [0.2, 0.25) is 0 Å². The fraction of sp³-hybridized carbons (Fsp3) is 0.263. The van der Waals surface area contributed by atoms with Gasteiger partial charge in [0.2, 0.25) is 5.82 Å². The van der Waals surface area contributed by atoms with Crippen LogP contribution in [0.1, 0.15) is 11.1 Å². The van der Waals surface area contributed by atoms with E-state index >= 15 is 0 Å². The average molecular weight is 438 g/mol. The molecule has 0 saturated heterocycles. The summed E-state index contributed by atoms with van der Waals surface area (Å²) in [4.78, 5) is 26.4. The van der Waals surface area contributed by atoms with Crippen molar-refractivity contribution in [3.63, 3.8) is 0 Å². The Morgan fingerprint density at radius 1 is 1.27 bits per heavy atom. The number of anilines is 1. The first-order valence-electron chi connectivity index (χ1n) is 8.85. The van der Waals surface area contributed by atoms with Gasteiger partial charge in [0.15, 0.2) is 17.3 Å². The fourth-order valence-electron chi connectivity index (χ4n) is 2.71. The lowest BCUT2D eigenvalue weighted by Gasteiger charge is -2.29. The summed E-state index contributed by atoms with van der Waals surface area (Å²) in [5.41, 5.74) is 0.905. The number of nitrogens with one attached hydrogen (secondary N) is 2. The minimum atomic E-state index is -0.947. The van der Waals surface area contributed by atoms with Crippen LogP contribution in [0, 0.1) is 11.6 Å². The molecule has 30 heavy (non-hydrogen) atoms. The lowest BCUT2D eigenvalue weighted by Crippen LogP contribution is -2.37. The number of benzene rings is 2. The van der Waals surface area contributed by atoms with Gasteiger partial charge in [-0.25, -0.2) is 18.7 Å².